The van der Waals surface area contributed by atoms with Crippen molar-refractivity contribution in [3.63, 3.8) is 0 Å². The van der Waals surface area contributed by atoms with E-state index in [4.69, 9.17) is 5.11 Å². The monoisotopic (exact) mass is 290 g/mol. The summed E-state index contributed by atoms with van der Waals surface area (Å²) >= 11 is 0. The van der Waals surface area contributed by atoms with E-state index in [9.17, 15) is 4.79 Å². The average molecular weight is 290 g/mol. The van der Waals surface area contributed by atoms with E-state index in [0.29, 0.717) is 19.6 Å². The Morgan fingerprint density at radius 2 is 2.19 bits per heavy atom. The average Bonchev–Trinajstić information content (AvgIpc) is 2.81. The normalized spacial score (nSPS) is 16.9. The van der Waals surface area contributed by atoms with Crippen LogP contribution in [0.2, 0.25) is 0 Å². The van der Waals surface area contributed by atoms with E-state index >= 15 is 0 Å². The Hall–Kier alpha value is -2.35. The molecule has 1 saturated heterocycles. The maximum atomic E-state index is 11.1. The van der Waals surface area contributed by atoms with Gasteiger partial charge in [-0.15, -0.1) is 0 Å². The maximum Gasteiger partial charge on any atom is 0.407 e. The number of carbonyl (C=O) groups is 1. The molecule has 3 rings (SSSR count). The summed E-state index contributed by atoms with van der Waals surface area (Å²) in [6, 6.07) is 1.95. The molecule has 0 aliphatic carbocycles. The van der Waals surface area contributed by atoms with Crippen molar-refractivity contribution in [2.75, 3.05) is 38.2 Å². The van der Waals surface area contributed by atoms with E-state index < -0.39 is 6.09 Å². The Kier molecular flexibility index (Phi) is 3.61. The number of nitrogens with one attached hydrogen (secondary N) is 1. The molecule has 0 spiro atoms. The first-order valence-electron chi connectivity index (χ1n) is 6.91. The van der Waals surface area contributed by atoms with E-state index in [1.54, 1.807) is 0 Å². The van der Waals surface area contributed by atoms with Crippen molar-refractivity contribution in [1.29, 1.82) is 0 Å². The highest BCUT2D eigenvalue weighted by atomic mass is 16.4. The zero-order valence-corrected chi connectivity index (χ0v) is 11.9. The molecule has 1 fully saturated rings. The van der Waals surface area contributed by atoms with Gasteiger partial charge in [0, 0.05) is 39.4 Å². The molecule has 1 aliphatic heterocycles. The molecule has 2 aromatic heterocycles. The van der Waals surface area contributed by atoms with Crippen molar-refractivity contribution in [1.82, 2.24) is 24.9 Å². The van der Waals surface area contributed by atoms with E-state index in [-0.39, 0.29) is 0 Å². The molecule has 0 aromatic carbocycles. The third-order valence-corrected chi connectivity index (χ3v) is 3.81. The Balaban J connectivity index is 1.80. The smallest absolute Gasteiger partial charge is 0.407 e. The first-order chi connectivity index (χ1) is 10.2. The van der Waals surface area contributed by atoms with Gasteiger partial charge in [0.15, 0.2) is 5.82 Å². The van der Waals surface area contributed by atoms with Gasteiger partial charge in [0.05, 0.1) is 5.39 Å². The second-order valence-electron chi connectivity index (χ2n) is 5.04. The van der Waals surface area contributed by atoms with Crippen LogP contribution < -0.4 is 5.01 Å². The molecule has 112 valence electrons. The standard InChI is InChI=1S/C13H18N6O2/c1-17(12-10-3-4-14-11(10)15-9-16-12)19-6-2-5-18(7-8-19)13(20)21/h3-4,9H,2,5-8H2,1H3,(H,20,21)(H,14,15,16). The van der Waals surface area contributed by atoms with Gasteiger partial charge in [-0.2, -0.15) is 0 Å². The Labute approximate surface area is 122 Å². The lowest BCUT2D eigenvalue weighted by Crippen LogP contribution is -2.43. The van der Waals surface area contributed by atoms with Gasteiger partial charge in [-0.25, -0.2) is 19.8 Å². The van der Waals surface area contributed by atoms with Crippen molar-refractivity contribution < 1.29 is 9.90 Å². The Morgan fingerprint density at radius 1 is 1.33 bits per heavy atom. The molecule has 2 N–H and O–H groups in total. The number of hydrogen-bond donors (Lipinski definition) is 2. The number of hydrazine groups is 1. The molecule has 0 bridgehead atoms. The third kappa shape index (κ3) is 2.62. The number of nitrogens with zero attached hydrogens (tertiary/aromatic N) is 5. The fraction of sp³-hybridized carbons (Fsp3) is 0.462. The van der Waals surface area contributed by atoms with Crippen LogP contribution in [0.5, 0.6) is 0 Å². The lowest BCUT2D eigenvalue weighted by atomic mass is 10.3. The zero-order valence-electron chi connectivity index (χ0n) is 11.9. The number of hydrogen-bond acceptors (Lipinski definition) is 5. The summed E-state index contributed by atoms with van der Waals surface area (Å²) in [7, 11) is 1.95. The Morgan fingerprint density at radius 3 is 3.00 bits per heavy atom. The maximum absolute atomic E-state index is 11.1. The number of H-pyrrole nitrogens is 1. The van der Waals surface area contributed by atoms with Crippen LogP contribution in [0, 0.1) is 0 Å². The number of amides is 1. The van der Waals surface area contributed by atoms with Gasteiger partial charge in [-0.1, -0.05) is 0 Å². The molecule has 0 atom stereocenters. The molecule has 0 unspecified atom stereocenters. The molecule has 0 radical (unpaired) electrons. The van der Waals surface area contributed by atoms with Gasteiger partial charge in [-0.3, -0.25) is 5.01 Å². The van der Waals surface area contributed by atoms with E-state index in [2.05, 4.69) is 20.0 Å². The summed E-state index contributed by atoms with van der Waals surface area (Å²) in [6.07, 6.45) is 3.32. The van der Waals surface area contributed by atoms with Crippen LogP contribution in [0.25, 0.3) is 11.0 Å². The molecule has 0 saturated carbocycles. The number of rotatable bonds is 2. The summed E-state index contributed by atoms with van der Waals surface area (Å²) in [5, 5.41) is 14.2. The highest BCUT2D eigenvalue weighted by Gasteiger charge is 2.22. The zero-order chi connectivity index (χ0) is 14.8. The van der Waals surface area contributed by atoms with Gasteiger partial charge < -0.3 is 15.0 Å². The summed E-state index contributed by atoms with van der Waals surface area (Å²) in [4.78, 5) is 24.1. The predicted octanol–water partition coefficient (Wildman–Crippen LogP) is 0.995. The highest BCUT2D eigenvalue weighted by Crippen LogP contribution is 2.22. The number of fused-ring (bicyclic) bond motifs is 1. The quantitative estimate of drug-likeness (QED) is 0.857. The van der Waals surface area contributed by atoms with Crippen LogP contribution in [0.1, 0.15) is 6.42 Å². The first-order valence-corrected chi connectivity index (χ1v) is 6.91. The van der Waals surface area contributed by atoms with Crippen LogP contribution in [-0.4, -0.2) is 69.3 Å². The third-order valence-electron chi connectivity index (χ3n) is 3.81. The SMILES string of the molecule is CN(c1ncnc2[nH]ccc12)N1CCCN(C(=O)O)CC1. The minimum atomic E-state index is -0.852. The van der Waals surface area contributed by atoms with E-state index in [1.807, 2.05) is 24.3 Å². The molecular formula is C13H18N6O2. The van der Waals surface area contributed by atoms with Gasteiger partial charge >= 0.3 is 6.09 Å². The summed E-state index contributed by atoms with van der Waals surface area (Å²) in [5.41, 5.74) is 0.800. The van der Waals surface area contributed by atoms with Gasteiger partial charge in [0.1, 0.15) is 12.0 Å². The molecule has 21 heavy (non-hydrogen) atoms. The fourth-order valence-electron chi connectivity index (χ4n) is 2.65. The molecule has 1 amide bonds. The van der Waals surface area contributed by atoms with Crippen LogP contribution in [0.15, 0.2) is 18.6 Å². The molecule has 3 heterocycles. The summed E-state index contributed by atoms with van der Waals surface area (Å²) < 4.78 is 0. The minimum absolute atomic E-state index is 0.501. The van der Waals surface area contributed by atoms with E-state index in [0.717, 1.165) is 29.8 Å². The molecule has 2 aromatic rings. The highest BCUT2D eigenvalue weighted by molar-refractivity contribution is 5.86. The predicted molar refractivity (Wildman–Crippen MR) is 78.1 cm³/mol. The molecule has 8 heteroatoms. The summed E-state index contributed by atoms with van der Waals surface area (Å²) in [5.74, 6) is 0.824. The second kappa shape index (κ2) is 5.57. The molecular weight excluding hydrogens is 272 g/mol. The van der Waals surface area contributed by atoms with Crippen LogP contribution in [0.3, 0.4) is 0 Å². The molecule has 1 aliphatic rings. The topological polar surface area (TPSA) is 88.6 Å². The number of aromatic amines is 1. The summed E-state index contributed by atoms with van der Waals surface area (Å²) in [6.45, 7) is 2.53. The van der Waals surface area contributed by atoms with Crippen LogP contribution in [0.4, 0.5) is 10.6 Å². The lowest BCUT2D eigenvalue weighted by Gasteiger charge is -2.31. The largest absolute Gasteiger partial charge is 0.465 e. The van der Waals surface area contributed by atoms with Crippen LogP contribution >= 0.6 is 0 Å². The van der Waals surface area contributed by atoms with Crippen molar-refractivity contribution in [3.05, 3.63) is 18.6 Å². The van der Waals surface area contributed by atoms with Crippen molar-refractivity contribution in [2.24, 2.45) is 0 Å². The number of carboxylic acid groups (broad SMARTS) is 1. The van der Waals surface area contributed by atoms with Gasteiger partial charge in [-0.05, 0) is 12.5 Å². The van der Waals surface area contributed by atoms with Crippen molar-refractivity contribution in [3.8, 4) is 0 Å². The fourth-order valence-corrected chi connectivity index (χ4v) is 2.65. The molecule has 8 nitrogen and oxygen atoms in total. The number of aromatic nitrogens is 3. The second-order valence-corrected chi connectivity index (χ2v) is 5.04. The van der Waals surface area contributed by atoms with Gasteiger partial charge in [0.2, 0.25) is 0 Å². The van der Waals surface area contributed by atoms with Crippen molar-refractivity contribution in [2.45, 2.75) is 6.42 Å². The lowest BCUT2D eigenvalue weighted by molar-refractivity contribution is 0.146. The minimum Gasteiger partial charge on any atom is -0.465 e. The Bertz CT molecular complexity index is 642. The van der Waals surface area contributed by atoms with Crippen molar-refractivity contribution >= 4 is 22.9 Å². The van der Waals surface area contributed by atoms with Gasteiger partial charge in [0.25, 0.3) is 0 Å². The number of anilines is 1. The van der Waals surface area contributed by atoms with Crippen LogP contribution in [-0.2, 0) is 0 Å². The first kappa shape index (κ1) is 13.6. The van der Waals surface area contributed by atoms with E-state index in [1.165, 1.54) is 11.2 Å².